The summed E-state index contributed by atoms with van der Waals surface area (Å²) in [5.74, 6) is -4.88. The van der Waals surface area contributed by atoms with Crippen LogP contribution in [-0.2, 0) is 19.3 Å². The van der Waals surface area contributed by atoms with Gasteiger partial charge < -0.3 is 4.74 Å². The van der Waals surface area contributed by atoms with Crippen molar-refractivity contribution in [1.82, 2.24) is 0 Å². The molecule has 0 radical (unpaired) electrons. The molecule has 0 fully saturated rings. The van der Waals surface area contributed by atoms with Gasteiger partial charge in [-0.15, -0.1) is 13.2 Å². The fourth-order valence-corrected chi connectivity index (χ4v) is 3.78. The predicted molar refractivity (Wildman–Crippen MR) is 97.3 cm³/mol. The molecule has 2 aromatic rings. The Morgan fingerprint density at radius 3 is 2.52 bits per heavy atom. The zero-order chi connectivity index (χ0) is 21.2. The standard InChI is InChI=1S/C22H20F6O/c1-2-3-4-5-13-6-8-16(18(23)10-13)14-7-9-17-15(11-14)12-19(24)21(20(17)25)29-22(26,27)28/h2-3,6,8,10,12,14H,4-5,7,9,11H2,1H3/b3-2+. The maximum absolute atomic E-state index is 14.6. The van der Waals surface area contributed by atoms with Crippen LogP contribution in [0.3, 0.4) is 0 Å². The SMILES string of the molecule is C/C=C/CCc1ccc(C2CCc3c(cc(F)c(OC(F)(F)F)c3F)C2)c(F)c1. The van der Waals surface area contributed by atoms with E-state index in [9.17, 15) is 26.3 Å². The second-order valence-electron chi connectivity index (χ2n) is 7.09. The van der Waals surface area contributed by atoms with Crippen molar-refractivity contribution in [3.63, 3.8) is 0 Å². The van der Waals surface area contributed by atoms with Gasteiger partial charge in [-0.3, -0.25) is 0 Å². The maximum Gasteiger partial charge on any atom is 0.573 e. The van der Waals surface area contributed by atoms with Crippen molar-refractivity contribution in [3.8, 4) is 5.75 Å². The second kappa shape index (κ2) is 8.51. The van der Waals surface area contributed by atoms with Crippen LogP contribution in [0, 0.1) is 17.5 Å². The number of rotatable bonds is 5. The van der Waals surface area contributed by atoms with Crippen LogP contribution in [-0.4, -0.2) is 6.36 Å². The lowest BCUT2D eigenvalue weighted by Crippen LogP contribution is -2.21. The Kier molecular flexibility index (Phi) is 6.24. The van der Waals surface area contributed by atoms with Crippen LogP contribution < -0.4 is 4.74 Å². The zero-order valence-corrected chi connectivity index (χ0v) is 15.8. The predicted octanol–water partition coefficient (Wildman–Crippen LogP) is 6.78. The largest absolute Gasteiger partial charge is 0.573 e. The molecule has 2 aromatic carbocycles. The average molecular weight is 414 g/mol. The Hall–Kier alpha value is -2.44. The number of hydrogen-bond acceptors (Lipinski definition) is 1. The van der Waals surface area contributed by atoms with E-state index in [0.29, 0.717) is 18.4 Å². The summed E-state index contributed by atoms with van der Waals surface area (Å²) < 4.78 is 83.7. The van der Waals surface area contributed by atoms with Gasteiger partial charge in [-0.1, -0.05) is 24.3 Å². The lowest BCUT2D eigenvalue weighted by atomic mass is 9.79. The van der Waals surface area contributed by atoms with E-state index in [1.807, 2.05) is 25.1 Å². The number of alkyl halides is 3. The molecule has 0 saturated heterocycles. The molecule has 29 heavy (non-hydrogen) atoms. The van der Waals surface area contributed by atoms with E-state index < -0.39 is 23.7 Å². The van der Waals surface area contributed by atoms with Crippen LogP contribution in [0.5, 0.6) is 5.75 Å². The van der Waals surface area contributed by atoms with Crippen molar-refractivity contribution < 1.29 is 31.1 Å². The van der Waals surface area contributed by atoms with E-state index in [0.717, 1.165) is 18.1 Å². The average Bonchev–Trinajstić information content (AvgIpc) is 2.64. The molecule has 7 heteroatoms. The molecule has 3 rings (SSSR count). The molecule has 0 aliphatic heterocycles. The van der Waals surface area contributed by atoms with Crippen LogP contribution in [0.4, 0.5) is 26.3 Å². The molecular formula is C22H20F6O. The normalized spacial score (nSPS) is 16.9. The van der Waals surface area contributed by atoms with Gasteiger partial charge in [0.05, 0.1) is 0 Å². The number of aryl methyl sites for hydroxylation is 1. The summed E-state index contributed by atoms with van der Waals surface area (Å²) in [5, 5.41) is 0. The first kappa shape index (κ1) is 21.3. The van der Waals surface area contributed by atoms with Crippen molar-refractivity contribution in [1.29, 1.82) is 0 Å². The van der Waals surface area contributed by atoms with Crippen LogP contribution in [0.1, 0.15) is 47.9 Å². The van der Waals surface area contributed by atoms with Gasteiger partial charge in [-0.2, -0.15) is 0 Å². The van der Waals surface area contributed by atoms with E-state index in [4.69, 9.17) is 0 Å². The van der Waals surface area contributed by atoms with Crippen molar-refractivity contribution >= 4 is 0 Å². The molecule has 1 aliphatic rings. The number of allylic oxidation sites excluding steroid dienone is 2. The topological polar surface area (TPSA) is 9.23 Å². The van der Waals surface area contributed by atoms with Gasteiger partial charge in [-0.05, 0) is 79.3 Å². The van der Waals surface area contributed by atoms with Crippen LogP contribution in [0.15, 0.2) is 36.4 Å². The van der Waals surface area contributed by atoms with Crippen LogP contribution in [0.25, 0.3) is 0 Å². The molecule has 1 atom stereocenters. The summed E-state index contributed by atoms with van der Waals surface area (Å²) >= 11 is 0. The van der Waals surface area contributed by atoms with E-state index in [-0.39, 0.29) is 35.7 Å². The van der Waals surface area contributed by atoms with E-state index in [1.165, 1.54) is 6.07 Å². The number of fused-ring (bicyclic) bond motifs is 1. The van der Waals surface area contributed by atoms with Gasteiger partial charge >= 0.3 is 6.36 Å². The highest BCUT2D eigenvalue weighted by atomic mass is 19.4. The molecule has 0 saturated carbocycles. The summed E-state index contributed by atoms with van der Waals surface area (Å²) in [5.41, 5.74) is 1.53. The minimum absolute atomic E-state index is 0.00900. The minimum Gasteiger partial charge on any atom is -0.399 e. The molecule has 0 amide bonds. The number of hydrogen-bond donors (Lipinski definition) is 0. The number of halogens is 6. The van der Waals surface area contributed by atoms with E-state index >= 15 is 0 Å². The molecule has 1 unspecified atom stereocenters. The Morgan fingerprint density at radius 1 is 1.10 bits per heavy atom. The highest BCUT2D eigenvalue weighted by molar-refractivity contribution is 5.42. The molecule has 0 spiro atoms. The highest BCUT2D eigenvalue weighted by Gasteiger charge is 2.36. The third kappa shape index (κ3) is 4.95. The lowest BCUT2D eigenvalue weighted by molar-refractivity contribution is -0.276. The Bertz CT molecular complexity index is 916. The smallest absolute Gasteiger partial charge is 0.399 e. The first-order valence-corrected chi connectivity index (χ1v) is 9.34. The quantitative estimate of drug-likeness (QED) is 0.387. The number of ether oxygens (including phenoxy) is 1. The molecule has 156 valence electrons. The zero-order valence-electron chi connectivity index (χ0n) is 15.8. The Labute approximate surface area is 165 Å². The van der Waals surface area contributed by atoms with Crippen LogP contribution in [0.2, 0.25) is 0 Å². The Morgan fingerprint density at radius 2 is 1.86 bits per heavy atom. The van der Waals surface area contributed by atoms with Crippen molar-refractivity contribution in [2.45, 2.75) is 51.3 Å². The minimum atomic E-state index is -5.19. The first-order valence-electron chi connectivity index (χ1n) is 9.34. The first-order chi connectivity index (χ1) is 13.7. The fraction of sp³-hybridized carbons (Fsp3) is 0.364. The molecule has 0 bridgehead atoms. The second-order valence-corrected chi connectivity index (χ2v) is 7.09. The summed E-state index contributed by atoms with van der Waals surface area (Å²) in [6, 6.07) is 5.84. The van der Waals surface area contributed by atoms with Gasteiger partial charge in [0, 0.05) is 0 Å². The lowest BCUT2D eigenvalue weighted by Gasteiger charge is -2.27. The maximum atomic E-state index is 14.6. The molecule has 0 N–H and O–H groups in total. The van der Waals surface area contributed by atoms with Gasteiger partial charge in [0.25, 0.3) is 0 Å². The summed E-state index contributed by atoms with van der Waals surface area (Å²) in [6.45, 7) is 1.91. The monoisotopic (exact) mass is 414 g/mol. The third-order valence-electron chi connectivity index (χ3n) is 5.14. The molecular weight excluding hydrogens is 394 g/mol. The van der Waals surface area contributed by atoms with Crippen molar-refractivity contribution in [3.05, 3.63) is 76.1 Å². The molecule has 1 aliphatic carbocycles. The van der Waals surface area contributed by atoms with Crippen LogP contribution >= 0.6 is 0 Å². The molecule has 0 heterocycles. The fourth-order valence-electron chi connectivity index (χ4n) is 3.78. The van der Waals surface area contributed by atoms with Gasteiger partial charge in [-0.25, -0.2) is 13.2 Å². The van der Waals surface area contributed by atoms with Gasteiger partial charge in [0.15, 0.2) is 11.6 Å². The summed E-state index contributed by atoms with van der Waals surface area (Å²) in [6.07, 6.45) is 0.783. The molecule has 1 nitrogen and oxygen atoms in total. The highest BCUT2D eigenvalue weighted by Crippen LogP contribution is 2.39. The van der Waals surface area contributed by atoms with Crippen molar-refractivity contribution in [2.75, 3.05) is 0 Å². The summed E-state index contributed by atoms with van der Waals surface area (Å²) in [4.78, 5) is 0. The number of benzene rings is 2. The molecule has 0 aromatic heterocycles. The van der Waals surface area contributed by atoms with Gasteiger partial charge in [0.2, 0.25) is 5.75 Å². The van der Waals surface area contributed by atoms with Crippen molar-refractivity contribution in [2.24, 2.45) is 0 Å². The third-order valence-corrected chi connectivity index (χ3v) is 5.14. The van der Waals surface area contributed by atoms with E-state index in [2.05, 4.69) is 4.74 Å². The van der Waals surface area contributed by atoms with Gasteiger partial charge in [0.1, 0.15) is 5.82 Å². The van der Waals surface area contributed by atoms with E-state index in [1.54, 1.807) is 6.07 Å². The Balaban J connectivity index is 1.83. The summed E-state index contributed by atoms with van der Waals surface area (Å²) in [7, 11) is 0.